The van der Waals surface area contributed by atoms with Crippen LogP contribution in [0.25, 0.3) is 55.3 Å². The maximum atomic E-state index is 2.64. The summed E-state index contributed by atoms with van der Waals surface area (Å²) in [6, 6.07) is 80.1. The van der Waals surface area contributed by atoms with E-state index in [0.717, 1.165) is 23.5 Å². The van der Waals surface area contributed by atoms with Crippen LogP contribution in [0.15, 0.2) is 231 Å². The summed E-state index contributed by atoms with van der Waals surface area (Å²) in [4.78, 5) is 5.05. The van der Waals surface area contributed by atoms with Crippen molar-refractivity contribution in [2.75, 3.05) is 9.80 Å². The van der Waals surface area contributed by atoms with Crippen LogP contribution >= 0.6 is 0 Å². The lowest BCUT2D eigenvalue weighted by Crippen LogP contribution is -2.46. The molecule has 9 aromatic carbocycles. The maximum Gasteiger partial charge on any atom is 0.0620 e. The molecular formula is C60H48N2. The Kier molecular flexibility index (Phi) is 9.43. The molecular weight excluding hydrogens is 749 g/mol. The van der Waals surface area contributed by atoms with Crippen LogP contribution in [0, 0.1) is 5.92 Å². The lowest BCUT2D eigenvalue weighted by Gasteiger charge is -2.42. The number of hydrogen-bond acceptors (Lipinski definition) is 2. The summed E-state index contributed by atoms with van der Waals surface area (Å²) in [5, 5.41) is 2.55. The molecule has 1 heterocycles. The monoisotopic (exact) mass is 796 g/mol. The van der Waals surface area contributed by atoms with E-state index in [-0.39, 0.29) is 11.5 Å². The fourth-order valence-electron chi connectivity index (χ4n) is 10.4. The first-order valence-electron chi connectivity index (χ1n) is 21.9. The molecule has 2 heteroatoms. The standard InChI is InChI=1S/C60H48N2/c1-42-17-13-32-58-60(42,2)59-54(28-16-31-57(59)62(58)56-30-15-23-47-22-9-10-26-52(47)56)49-25-14-24-48(41-49)53-27-11-12-29-55(53)61(50-37-33-45(34-38-50)43-18-5-3-6-19-43)51-39-35-46(36-40-51)44-20-7-4-8-21-44/h3-16,18-42,58H,17H2,1-2H3. The number of para-hydroxylation sites is 1. The predicted octanol–water partition coefficient (Wildman–Crippen LogP) is 16.4. The van der Waals surface area contributed by atoms with E-state index >= 15 is 0 Å². The molecule has 298 valence electrons. The summed E-state index contributed by atoms with van der Waals surface area (Å²) >= 11 is 0. The molecule has 2 nitrogen and oxygen atoms in total. The Bertz CT molecular complexity index is 2990. The predicted molar refractivity (Wildman–Crippen MR) is 263 cm³/mol. The van der Waals surface area contributed by atoms with E-state index in [0.29, 0.717) is 5.92 Å². The number of benzene rings is 9. The fraction of sp³-hybridized carbons (Fsp3) is 0.100. The molecule has 0 fully saturated rings. The average Bonchev–Trinajstić information content (AvgIpc) is 3.62. The maximum absolute atomic E-state index is 2.64. The molecule has 0 saturated carbocycles. The summed E-state index contributed by atoms with van der Waals surface area (Å²) < 4.78 is 0. The highest BCUT2D eigenvalue weighted by Gasteiger charge is 2.52. The van der Waals surface area contributed by atoms with Crippen LogP contribution in [0.3, 0.4) is 0 Å². The van der Waals surface area contributed by atoms with E-state index < -0.39 is 0 Å². The molecule has 0 N–H and O–H groups in total. The minimum atomic E-state index is -0.0971. The van der Waals surface area contributed by atoms with Crippen molar-refractivity contribution in [2.45, 2.75) is 31.7 Å². The number of nitrogens with zero attached hydrogens (tertiary/aromatic N) is 2. The third-order valence-corrected chi connectivity index (χ3v) is 13.7. The molecule has 11 rings (SSSR count). The molecule has 2 aliphatic rings. The van der Waals surface area contributed by atoms with Gasteiger partial charge >= 0.3 is 0 Å². The molecule has 0 aromatic heterocycles. The topological polar surface area (TPSA) is 6.48 Å². The quantitative estimate of drug-likeness (QED) is 0.141. The lowest BCUT2D eigenvalue weighted by atomic mass is 9.64. The van der Waals surface area contributed by atoms with E-state index in [9.17, 15) is 0 Å². The Hall–Kier alpha value is -7.42. The van der Waals surface area contributed by atoms with Gasteiger partial charge in [-0.25, -0.2) is 0 Å². The molecule has 1 aliphatic heterocycles. The molecule has 9 aromatic rings. The van der Waals surface area contributed by atoms with Crippen molar-refractivity contribution < 1.29 is 0 Å². The first-order valence-corrected chi connectivity index (χ1v) is 21.9. The van der Waals surface area contributed by atoms with Crippen molar-refractivity contribution in [1.29, 1.82) is 0 Å². The van der Waals surface area contributed by atoms with Gasteiger partial charge in [0.1, 0.15) is 0 Å². The SMILES string of the molecule is CC1CC=CC2N(c3cccc4ccccc34)c3cccc(-c4cccc(-c5ccccc5N(c5ccc(-c6ccccc6)cc5)c5ccc(-c6ccccc6)cc5)c4)c3C12C. The molecule has 62 heavy (non-hydrogen) atoms. The van der Waals surface area contributed by atoms with Crippen molar-refractivity contribution in [3.63, 3.8) is 0 Å². The first kappa shape index (κ1) is 37.6. The van der Waals surface area contributed by atoms with Crippen molar-refractivity contribution in [2.24, 2.45) is 5.92 Å². The molecule has 0 bridgehead atoms. The zero-order valence-corrected chi connectivity index (χ0v) is 35.2. The van der Waals surface area contributed by atoms with Crippen LogP contribution < -0.4 is 9.80 Å². The number of fused-ring (bicyclic) bond motifs is 4. The average molecular weight is 797 g/mol. The largest absolute Gasteiger partial charge is 0.333 e. The molecule has 3 atom stereocenters. The Morgan fingerprint density at radius 1 is 0.468 bits per heavy atom. The van der Waals surface area contributed by atoms with Crippen LogP contribution in [-0.4, -0.2) is 6.04 Å². The zero-order chi connectivity index (χ0) is 41.6. The van der Waals surface area contributed by atoms with Crippen LogP contribution in [0.2, 0.25) is 0 Å². The van der Waals surface area contributed by atoms with Gasteiger partial charge in [-0.05, 0) is 111 Å². The fourth-order valence-corrected chi connectivity index (χ4v) is 10.4. The van der Waals surface area contributed by atoms with Gasteiger partial charge in [0, 0.05) is 39.1 Å². The number of allylic oxidation sites excluding steroid dienone is 1. The molecule has 1 aliphatic carbocycles. The van der Waals surface area contributed by atoms with Crippen molar-refractivity contribution >= 4 is 39.2 Å². The van der Waals surface area contributed by atoms with E-state index in [1.54, 1.807) is 0 Å². The second-order valence-corrected chi connectivity index (χ2v) is 17.1. The number of anilines is 5. The van der Waals surface area contributed by atoms with Gasteiger partial charge in [-0.15, -0.1) is 0 Å². The molecule has 0 radical (unpaired) electrons. The molecule has 0 spiro atoms. The Labute approximate surface area is 365 Å². The highest BCUT2D eigenvalue weighted by atomic mass is 15.2. The van der Waals surface area contributed by atoms with Gasteiger partial charge in [0.2, 0.25) is 0 Å². The highest BCUT2D eigenvalue weighted by Crippen LogP contribution is 2.58. The Morgan fingerprint density at radius 2 is 0.968 bits per heavy atom. The van der Waals surface area contributed by atoms with Crippen LogP contribution in [-0.2, 0) is 5.41 Å². The molecule has 0 amide bonds. The zero-order valence-electron chi connectivity index (χ0n) is 35.2. The summed E-state index contributed by atoms with van der Waals surface area (Å²) in [5.41, 5.74) is 17.0. The van der Waals surface area contributed by atoms with Gasteiger partial charge in [0.05, 0.1) is 11.7 Å². The van der Waals surface area contributed by atoms with Crippen molar-refractivity contribution in [3.05, 3.63) is 236 Å². The summed E-state index contributed by atoms with van der Waals surface area (Å²) in [7, 11) is 0. The summed E-state index contributed by atoms with van der Waals surface area (Å²) in [6.45, 7) is 4.96. The van der Waals surface area contributed by atoms with Gasteiger partial charge in [-0.3, -0.25) is 0 Å². The molecule has 0 saturated heterocycles. The minimum Gasteiger partial charge on any atom is -0.333 e. The van der Waals surface area contributed by atoms with Crippen LogP contribution in [0.1, 0.15) is 25.8 Å². The van der Waals surface area contributed by atoms with Crippen LogP contribution in [0.5, 0.6) is 0 Å². The summed E-state index contributed by atoms with van der Waals surface area (Å²) in [6.07, 6.45) is 5.95. The van der Waals surface area contributed by atoms with Gasteiger partial charge in [0.15, 0.2) is 0 Å². The number of hydrogen-bond donors (Lipinski definition) is 0. The number of rotatable bonds is 8. The smallest absolute Gasteiger partial charge is 0.0620 e. The minimum absolute atomic E-state index is 0.0971. The second kappa shape index (κ2) is 15.6. The third-order valence-electron chi connectivity index (χ3n) is 13.7. The van der Waals surface area contributed by atoms with Gasteiger partial charge in [-0.2, -0.15) is 0 Å². The van der Waals surface area contributed by atoms with E-state index in [1.807, 2.05) is 0 Å². The van der Waals surface area contributed by atoms with Gasteiger partial charge < -0.3 is 9.80 Å². The Balaban J connectivity index is 1.04. The van der Waals surface area contributed by atoms with E-state index in [4.69, 9.17) is 0 Å². The van der Waals surface area contributed by atoms with Crippen molar-refractivity contribution in [1.82, 2.24) is 0 Å². The van der Waals surface area contributed by atoms with Gasteiger partial charge in [-0.1, -0.05) is 196 Å². The van der Waals surface area contributed by atoms with Crippen molar-refractivity contribution in [3.8, 4) is 44.5 Å². The molecule has 3 unspecified atom stereocenters. The highest BCUT2D eigenvalue weighted by molar-refractivity contribution is 5.99. The third kappa shape index (κ3) is 6.34. The second-order valence-electron chi connectivity index (χ2n) is 17.1. The lowest BCUT2D eigenvalue weighted by molar-refractivity contribution is 0.291. The van der Waals surface area contributed by atoms with Gasteiger partial charge in [0.25, 0.3) is 0 Å². The van der Waals surface area contributed by atoms with E-state index in [1.165, 1.54) is 72.2 Å². The van der Waals surface area contributed by atoms with Crippen LogP contribution in [0.4, 0.5) is 28.4 Å². The normalized spacial score (nSPS) is 17.7. The van der Waals surface area contributed by atoms with E-state index in [2.05, 4.69) is 254 Å². The first-order chi connectivity index (χ1) is 30.6. The Morgan fingerprint density at radius 3 is 1.66 bits per heavy atom. The summed E-state index contributed by atoms with van der Waals surface area (Å²) in [5.74, 6) is 0.455.